The van der Waals surface area contributed by atoms with Crippen molar-refractivity contribution in [2.75, 3.05) is 13.7 Å². The lowest BCUT2D eigenvalue weighted by Crippen LogP contribution is -2.19. The van der Waals surface area contributed by atoms with Gasteiger partial charge in [-0.1, -0.05) is 6.07 Å². The highest BCUT2D eigenvalue weighted by molar-refractivity contribution is 5.26. The van der Waals surface area contributed by atoms with Crippen LogP contribution >= 0.6 is 0 Å². The Labute approximate surface area is 109 Å². The minimum Gasteiger partial charge on any atom is -0.378 e. The highest BCUT2D eigenvalue weighted by atomic mass is 19.1. The summed E-state index contributed by atoms with van der Waals surface area (Å²) in [5.74, 6) is -0.151. The number of halogens is 1. The number of ether oxygens (including phenoxy) is 1. The molecule has 1 saturated heterocycles. The zero-order chi connectivity index (χ0) is 13.0. The maximum Gasteiger partial charge on any atom is 0.123 e. The molecule has 2 unspecified atom stereocenters. The topological polar surface area (TPSA) is 21.3 Å². The molecule has 1 aromatic rings. The molecule has 100 valence electrons. The van der Waals surface area contributed by atoms with Gasteiger partial charge in [0.25, 0.3) is 0 Å². The van der Waals surface area contributed by atoms with E-state index < -0.39 is 0 Å². The predicted molar refractivity (Wildman–Crippen MR) is 71.1 cm³/mol. The summed E-state index contributed by atoms with van der Waals surface area (Å²) >= 11 is 0. The highest BCUT2D eigenvalue weighted by Gasteiger charge is 2.18. The Morgan fingerprint density at radius 1 is 1.44 bits per heavy atom. The molecule has 1 aliphatic rings. The molecule has 1 fully saturated rings. The number of nitrogens with one attached hydrogen (secondary N) is 1. The third-order valence-corrected chi connectivity index (χ3v) is 3.62. The Hall–Kier alpha value is -0.930. The van der Waals surface area contributed by atoms with Crippen LogP contribution in [-0.2, 0) is 4.74 Å². The number of aryl methyl sites for hydroxylation is 1. The fourth-order valence-electron chi connectivity index (χ4n) is 2.67. The van der Waals surface area contributed by atoms with Crippen molar-refractivity contribution >= 4 is 0 Å². The molecule has 1 heterocycles. The highest BCUT2D eigenvalue weighted by Crippen LogP contribution is 2.25. The van der Waals surface area contributed by atoms with Crippen molar-refractivity contribution in [1.29, 1.82) is 0 Å². The van der Waals surface area contributed by atoms with Gasteiger partial charge >= 0.3 is 0 Å². The van der Waals surface area contributed by atoms with Gasteiger partial charge in [0.2, 0.25) is 0 Å². The van der Waals surface area contributed by atoms with E-state index in [1.807, 2.05) is 14.0 Å². The molecular formula is C15H22FNO. The minimum atomic E-state index is -0.151. The predicted octanol–water partition coefficient (Wildman–Crippen LogP) is 3.35. The van der Waals surface area contributed by atoms with Crippen molar-refractivity contribution in [3.63, 3.8) is 0 Å². The molecule has 1 aromatic carbocycles. The lowest BCUT2D eigenvalue weighted by atomic mass is 9.98. The summed E-state index contributed by atoms with van der Waals surface area (Å²) < 4.78 is 19.0. The quantitative estimate of drug-likeness (QED) is 0.866. The van der Waals surface area contributed by atoms with Gasteiger partial charge in [-0.3, -0.25) is 0 Å². The zero-order valence-corrected chi connectivity index (χ0v) is 11.2. The molecule has 1 N–H and O–H groups in total. The van der Waals surface area contributed by atoms with Crippen molar-refractivity contribution in [1.82, 2.24) is 5.32 Å². The molecule has 0 amide bonds. The van der Waals surface area contributed by atoms with E-state index in [9.17, 15) is 4.39 Å². The average Bonchev–Trinajstić information content (AvgIpc) is 2.81. The molecular weight excluding hydrogens is 229 g/mol. The summed E-state index contributed by atoms with van der Waals surface area (Å²) in [7, 11) is 1.93. The second-order valence-corrected chi connectivity index (χ2v) is 5.12. The molecule has 1 aliphatic heterocycles. The summed E-state index contributed by atoms with van der Waals surface area (Å²) in [6.45, 7) is 2.83. The summed E-state index contributed by atoms with van der Waals surface area (Å²) in [4.78, 5) is 0. The molecule has 0 saturated carbocycles. The van der Waals surface area contributed by atoms with Crippen molar-refractivity contribution < 1.29 is 9.13 Å². The smallest absolute Gasteiger partial charge is 0.123 e. The summed E-state index contributed by atoms with van der Waals surface area (Å²) in [5, 5.41) is 3.27. The fourth-order valence-corrected chi connectivity index (χ4v) is 2.67. The van der Waals surface area contributed by atoms with Crippen LogP contribution in [0.5, 0.6) is 0 Å². The van der Waals surface area contributed by atoms with Crippen LogP contribution in [0.1, 0.15) is 42.9 Å². The van der Waals surface area contributed by atoms with E-state index in [4.69, 9.17) is 4.74 Å². The average molecular weight is 251 g/mol. The molecule has 18 heavy (non-hydrogen) atoms. The number of benzene rings is 1. The molecule has 0 aliphatic carbocycles. The molecule has 0 spiro atoms. The van der Waals surface area contributed by atoms with Crippen LogP contribution in [0.2, 0.25) is 0 Å². The van der Waals surface area contributed by atoms with Gasteiger partial charge in [-0.2, -0.15) is 0 Å². The summed E-state index contributed by atoms with van der Waals surface area (Å²) in [5.41, 5.74) is 2.01. The van der Waals surface area contributed by atoms with Gasteiger partial charge in [-0.05, 0) is 62.9 Å². The number of hydrogen-bond acceptors (Lipinski definition) is 2. The lowest BCUT2D eigenvalue weighted by molar-refractivity contribution is 0.0998. The fraction of sp³-hybridized carbons (Fsp3) is 0.600. The van der Waals surface area contributed by atoms with Crippen LogP contribution in [0.15, 0.2) is 18.2 Å². The Morgan fingerprint density at radius 2 is 2.28 bits per heavy atom. The van der Waals surface area contributed by atoms with Crippen LogP contribution in [-0.4, -0.2) is 19.8 Å². The van der Waals surface area contributed by atoms with Crippen molar-refractivity contribution in [2.24, 2.45) is 0 Å². The maximum atomic E-state index is 13.4. The van der Waals surface area contributed by atoms with Gasteiger partial charge in [-0.15, -0.1) is 0 Å². The Bertz CT molecular complexity index is 368. The molecule has 0 bridgehead atoms. The molecule has 2 nitrogen and oxygen atoms in total. The van der Waals surface area contributed by atoms with E-state index in [-0.39, 0.29) is 11.9 Å². The van der Waals surface area contributed by atoms with Crippen molar-refractivity contribution in [3.05, 3.63) is 35.1 Å². The van der Waals surface area contributed by atoms with Crippen LogP contribution in [0.3, 0.4) is 0 Å². The standard InChI is InChI=1S/C15H22FNO/c1-11-8-12(10-13(16)9-11)15(17-2)6-5-14-4-3-7-18-14/h8-10,14-15,17H,3-7H2,1-2H3. The second kappa shape index (κ2) is 6.30. The monoisotopic (exact) mass is 251 g/mol. The SMILES string of the molecule is CNC(CCC1CCCO1)c1cc(C)cc(F)c1. The maximum absolute atomic E-state index is 13.4. The normalized spacial score (nSPS) is 21.2. The van der Waals surface area contributed by atoms with Crippen LogP contribution in [0.4, 0.5) is 4.39 Å². The van der Waals surface area contributed by atoms with Gasteiger partial charge in [0.1, 0.15) is 5.82 Å². The van der Waals surface area contributed by atoms with E-state index in [0.717, 1.165) is 30.6 Å². The third-order valence-electron chi connectivity index (χ3n) is 3.62. The molecule has 2 atom stereocenters. The van der Waals surface area contributed by atoms with Gasteiger partial charge in [0, 0.05) is 12.6 Å². The van der Waals surface area contributed by atoms with Crippen LogP contribution < -0.4 is 5.32 Å². The largest absolute Gasteiger partial charge is 0.378 e. The zero-order valence-electron chi connectivity index (χ0n) is 11.2. The van der Waals surface area contributed by atoms with Gasteiger partial charge in [-0.25, -0.2) is 4.39 Å². The Morgan fingerprint density at radius 3 is 2.89 bits per heavy atom. The Kier molecular flexibility index (Phi) is 4.72. The van der Waals surface area contributed by atoms with E-state index in [2.05, 4.69) is 11.4 Å². The summed E-state index contributed by atoms with van der Waals surface area (Å²) in [6, 6.07) is 5.46. The van der Waals surface area contributed by atoms with E-state index in [1.165, 1.54) is 12.8 Å². The minimum absolute atomic E-state index is 0.151. The van der Waals surface area contributed by atoms with Crippen LogP contribution in [0, 0.1) is 12.7 Å². The summed E-state index contributed by atoms with van der Waals surface area (Å²) in [6.07, 6.45) is 4.77. The number of hydrogen-bond donors (Lipinski definition) is 1. The van der Waals surface area contributed by atoms with Gasteiger partial charge in [0.15, 0.2) is 0 Å². The Balaban J connectivity index is 1.98. The first-order chi connectivity index (χ1) is 8.69. The van der Waals surface area contributed by atoms with E-state index >= 15 is 0 Å². The van der Waals surface area contributed by atoms with Crippen molar-refractivity contribution in [3.8, 4) is 0 Å². The first-order valence-electron chi connectivity index (χ1n) is 6.75. The van der Waals surface area contributed by atoms with Gasteiger partial charge in [0.05, 0.1) is 6.10 Å². The molecule has 3 heteroatoms. The van der Waals surface area contributed by atoms with Gasteiger partial charge < -0.3 is 10.1 Å². The molecule has 0 aromatic heterocycles. The first kappa shape index (κ1) is 13.5. The molecule has 0 radical (unpaired) electrons. The molecule has 2 rings (SSSR count). The van der Waals surface area contributed by atoms with Crippen LogP contribution in [0.25, 0.3) is 0 Å². The number of rotatable bonds is 5. The van der Waals surface area contributed by atoms with E-state index in [1.54, 1.807) is 12.1 Å². The van der Waals surface area contributed by atoms with Crippen molar-refractivity contribution in [2.45, 2.75) is 44.8 Å². The second-order valence-electron chi connectivity index (χ2n) is 5.12. The third kappa shape index (κ3) is 3.53. The first-order valence-corrected chi connectivity index (χ1v) is 6.75. The van der Waals surface area contributed by atoms with E-state index in [0.29, 0.717) is 6.10 Å². The lowest BCUT2D eigenvalue weighted by Gasteiger charge is -2.19.